The summed E-state index contributed by atoms with van der Waals surface area (Å²) < 4.78 is 50.8. The Morgan fingerprint density at radius 3 is 2.57 bits per heavy atom. The summed E-state index contributed by atoms with van der Waals surface area (Å²) in [6.07, 6.45) is 0. The monoisotopic (exact) mass is 456 g/mol. The first-order valence-electron chi connectivity index (χ1n) is 9.29. The number of carbonyl (C=O) groups excluding carboxylic acids is 1. The molecular weight excluding hydrogens is 435 g/mol. The van der Waals surface area contributed by atoms with Crippen molar-refractivity contribution in [3.05, 3.63) is 58.9 Å². The molecule has 2 aromatic rings. The SMILES string of the molecule is C[C@@H]1CN(Cc2ccc(F)cc2)CCN1C(=O)COc1ccc(Cl)cc1S(=O)(=O)O. The predicted molar refractivity (Wildman–Crippen MR) is 110 cm³/mol. The van der Waals surface area contributed by atoms with Crippen LogP contribution in [0.4, 0.5) is 4.39 Å². The van der Waals surface area contributed by atoms with Gasteiger partial charge in [-0.05, 0) is 42.8 Å². The van der Waals surface area contributed by atoms with Crippen molar-refractivity contribution in [1.82, 2.24) is 9.80 Å². The molecule has 1 heterocycles. The van der Waals surface area contributed by atoms with E-state index in [-0.39, 0.29) is 35.1 Å². The third kappa shape index (κ3) is 5.69. The van der Waals surface area contributed by atoms with E-state index in [1.807, 2.05) is 6.92 Å². The van der Waals surface area contributed by atoms with Crippen LogP contribution in [0.5, 0.6) is 5.75 Å². The second-order valence-electron chi connectivity index (χ2n) is 7.15. The van der Waals surface area contributed by atoms with E-state index in [1.165, 1.54) is 24.3 Å². The molecule has 162 valence electrons. The lowest BCUT2D eigenvalue weighted by Crippen LogP contribution is -2.54. The van der Waals surface area contributed by atoms with E-state index in [4.69, 9.17) is 16.3 Å². The molecule has 1 aliphatic heterocycles. The van der Waals surface area contributed by atoms with Crippen molar-refractivity contribution < 1.29 is 26.9 Å². The smallest absolute Gasteiger partial charge is 0.298 e. The van der Waals surface area contributed by atoms with E-state index in [9.17, 15) is 22.2 Å². The van der Waals surface area contributed by atoms with Crippen LogP contribution in [0.15, 0.2) is 47.4 Å². The largest absolute Gasteiger partial charge is 0.482 e. The molecule has 0 aromatic heterocycles. The number of rotatable bonds is 6. The number of benzene rings is 2. The minimum absolute atomic E-state index is 0.0819. The zero-order valence-corrected chi connectivity index (χ0v) is 17.9. The van der Waals surface area contributed by atoms with Gasteiger partial charge in [-0.3, -0.25) is 14.2 Å². The molecule has 0 radical (unpaired) electrons. The lowest BCUT2D eigenvalue weighted by molar-refractivity contribution is -0.138. The van der Waals surface area contributed by atoms with Crippen molar-refractivity contribution in [2.75, 3.05) is 26.2 Å². The second kappa shape index (κ2) is 9.30. The first-order chi connectivity index (χ1) is 14.1. The zero-order valence-electron chi connectivity index (χ0n) is 16.3. The fourth-order valence-corrected chi connectivity index (χ4v) is 4.31. The van der Waals surface area contributed by atoms with Gasteiger partial charge in [0.15, 0.2) is 6.61 Å². The highest BCUT2D eigenvalue weighted by molar-refractivity contribution is 7.86. The molecule has 0 bridgehead atoms. The van der Waals surface area contributed by atoms with Gasteiger partial charge in [-0.1, -0.05) is 23.7 Å². The molecule has 1 aliphatic rings. The standard InChI is InChI=1S/C20H22ClFN2O5S/c1-14-11-23(12-15-2-5-17(22)6-3-15)8-9-24(14)20(25)13-29-18-7-4-16(21)10-19(18)30(26,27)28/h2-7,10,14H,8-9,11-13H2,1H3,(H,26,27,28)/t14-/m1/s1. The molecule has 1 N–H and O–H groups in total. The number of hydrogen-bond donors (Lipinski definition) is 1. The molecule has 0 aliphatic carbocycles. The number of piperazine rings is 1. The first-order valence-corrected chi connectivity index (χ1v) is 11.1. The summed E-state index contributed by atoms with van der Waals surface area (Å²) in [5.41, 5.74) is 0.993. The van der Waals surface area contributed by atoms with Crippen LogP contribution < -0.4 is 4.74 Å². The fourth-order valence-electron chi connectivity index (χ4n) is 3.42. The average molecular weight is 457 g/mol. The summed E-state index contributed by atoms with van der Waals surface area (Å²) in [6, 6.07) is 10.0. The maximum absolute atomic E-state index is 13.0. The van der Waals surface area contributed by atoms with Gasteiger partial charge in [0.25, 0.3) is 16.0 Å². The van der Waals surface area contributed by atoms with Gasteiger partial charge in [0.05, 0.1) is 0 Å². The van der Waals surface area contributed by atoms with Crippen LogP contribution in [-0.2, 0) is 21.5 Å². The summed E-state index contributed by atoms with van der Waals surface area (Å²) in [5, 5.41) is 0.118. The Balaban J connectivity index is 1.58. The Morgan fingerprint density at radius 2 is 1.93 bits per heavy atom. The van der Waals surface area contributed by atoms with Crippen LogP contribution in [0.25, 0.3) is 0 Å². The Labute approximate surface area is 179 Å². The summed E-state index contributed by atoms with van der Waals surface area (Å²) >= 11 is 5.78. The second-order valence-corrected chi connectivity index (χ2v) is 8.98. The van der Waals surface area contributed by atoms with Crippen molar-refractivity contribution in [3.8, 4) is 5.75 Å². The molecule has 0 saturated carbocycles. The van der Waals surface area contributed by atoms with Crippen LogP contribution >= 0.6 is 11.6 Å². The maximum atomic E-state index is 13.0. The molecule has 1 amide bonds. The van der Waals surface area contributed by atoms with Gasteiger partial charge in [-0.25, -0.2) is 4.39 Å². The summed E-state index contributed by atoms with van der Waals surface area (Å²) in [5.74, 6) is -0.710. The van der Waals surface area contributed by atoms with Crippen molar-refractivity contribution in [2.24, 2.45) is 0 Å². The molecule has 1 fully saturated rings. The lowest BCUT2D eigenvalue weighted by atomic mass is 10.1. The molecule has 1 saturated heterocycles. The summed E-state index contributed by atoms with van der Waals surface area (Å²) in [7, 11) is -4.54. The van der Waals surface area contributed by atoms with E-state index in [1.54, 1.807) is 17.0 Å². The van der Waals surface area contributed by atoms with Crippen LogP contribution in [0.3, 0.4) is 0 Å². The van der Waals surface area contributed by atoms with Gasteiger partial charge in [-0.2, -0.15) is 8.42 Å². The van der Waals surface area contributed by atoms with Gasteiger partial charge in [0.2, 0.25) is 0 Å². The molecular formula is C20H22ClFN2O5S. The highest BCUT2D eigenvalue weighted by Gasteiger charge is 2.28. The zero-order chi connectivity index (χ0) is 21.9. The number of amides is 1. The minimum Gasteiger partial charge on any atom is -0.482 e. The van der Waals surface area contributed by atoms with Gasteiger partial charge in [-0.15, -0.1) is 0 Å². The third-order valence-electron chi connectivity index (χ3n) is 4.89. The average Bonchev–Trinajstić information content (AvgIpc) is 2.68. The molecule has 30 heavy (non-hydrogen) atoms. The Kier molecular flexibility index (Phi) is 6.97. The molecule has 10 heteroatoms. The number of hydrogen-bond acceptors (Lipinski definition) is 5. The third-order valence-corrected chi connectivity index (χ3v) is 6.00. The van der Waals surface area contributed by atoms with Gasteiger partial charge < -0.3 is 9.64 Å². The minimum atomic E-state index is -4.54. The Bertz CT molecular complexity index is 1020. The molecule has 2 aromatic carbocycles. The number of halogens is 2. The van der Waals surface area contributed by atoms with Gasteiger partial charge >= 0.3 is 0 Å². The lowest BCUT2D eigenvalue weighted by Gasteiger charge is -2.39. The number of nitrogens with zero attached hydrogens (tertiary/aromatic N) is 2. The quantitative estimate of drug-likeness (QED) is 0.672. The highest BCUT2D eigenvalue weighted by atomic mass is 35.5. The highest BCUT2D eigenvalue weighted by Crippen LogP contribution is 2.27. The van der Waals surface area contributed by atoms with Gasteiger partial charge in [0, 0.05) is 37.2 Å². The van der Waals surface area contributed by atoms with Crippen LogP contribution in [0, 0.1) is 5.82 Å². The molecule has 1 atom stereocenters. The number of carbonyl (C=O) groups is 1. The van der Waals surface area contributed by atoms with Crippen molar-refractivity contribution in [3.63, 3.8) is 0 Å². The summed E-state index contributed by atoms with van der Waals surface area (Å²) in [4.78, 5) is 16.0. The van der Waals surface area contributed by atoms with Crippen LogP contribution in [0.2, 0.25) is 5.02 Å². The summed E-state index contributed by atoms with van der Waals surface area (Å²) in [6.45, 7) is 3.97. The van der Waals surface area contributed by atoms with Gasteiger partial charge in [0.1, 0.15) is 16.5 Å². The number of ether oxygens (including phenoxy) is 1. The first kappa shape index (κ1) is 22.5. The van der Waals surface area contributed by atoms with E-state index in [0.717, 1.165) is 11.6 Å². The Morgan fingerprint density at radius 1 is 1.23 bits per heavy atom. The van der Waals surface area contributed by atoms with Crippen molar-refractivity contribution in [2.45, 2.75) is 24.4 Å². The molecule has 0 spiro atoms. The maximum Gasteiger partial charge on any atom is 0.298 e. The Hall–Kier alpha value is -2.20. The molecule has 3 rings (SSSR count). The normalized spacial score (nSPS) is 17.7. The van der Waals surface area contributed by atoms with E-state index in [0.29, 0.717) is 26.2 Å². The van der Waals surface area contributed by atoms with E-state index in [2.05, 4.69) is 4.90 Å². The topological polar surface area (TPSA) is 87.2 Å². The van der Waals surface area contributed by atoms with Crippen LogP contribution in [-0.4, -0.2) is 61.0 Å². The molecule has 7 nitrogen and oxygen atoms in total. The van der Waals surface area contributed by atoms with E-state index < -0.39 is 15.0 Å². The van der Waals surface area contributed by atoms with E-state index >= 15 is 0 Å². The fraction of sp³-hybridized carbons (Fsp3) is 0.350. The van der Waals surface area contributed by atoms with Crippen LogP contribution in [0.1, 0.15) is 12.5 Å². The molecule has 0 unspecified atom stereocenters. The van der Waals surface area contributed by atoms with Crippen molar-refractivity contribution >= 4 is 27.6 Å². The van der Waals surface area contributed by atoms with Crippen molar-refractivity contribution in [1.29, 1.82) is 0 Å². The predicted octanol–water partition coefficient (Wildman–Crippen LogP) is 2.84.